The van der Waals surface area contributed by atoms with E-state index < -0.39 is 6.61 Å². The molecule has 0 aliphatic carbocycles. The van der Waals surface area contributed by atoms with E-state index in [4.69, 9.17) is 4.74 Å². The van der Waals surface area contributed by atoms with Crippen molar-refractivity contribution in [2.45, 2.75) is 6.61 Å². The molecule has 2 aromatic rings. The molecule has 0 radical (unpaired) electrons. The topological polar surface area (TPSA) is 55.8 Å². The van der Waals surface area contributed by atoms with E-state index in [-0.39, 0.29) is 28.8 Å². The Hall–Kier alpha value is -2.89. The zero-order valence-corrected chi connectivity index (χ0v) is 11.1. The smallest absolute Gasteiger partial charge is 0.387 e. The summed E-state index contributed by atoms with van der Waals surface area (Å²) in [6.45, 7) is -2.96. The average Bonchev–Trinajstić information content (AvgIpc) is 2.76. The Kier molecular flexibility index (Phi) is 3.50. The lowest BCUT2D eigenvalue weighted by Crippen LogP contribution is -2.04. The van der Waals surface area contributed by atoms with Gasteiger partial charge in [-0.2, -0.15) is 8.78 Å². The number of phenols is 1. The van der Waals surface area contributed by atoms with E-state index in [9.17, 15) is 18.7 Å². The minimum atomic E-state index is -2.96. The van der Waals surface area contributed by atoms with Gasteiger partial charge < -0.3 is 14.6 Å². The molecule has 1 N–H and O–H groups in total. The van der Waals surface area contributed by atoms with Crippen molar-refractivity contribution >= 4 is 11.9 Å². The van der Waals surface area contributed by atoms with Crippen molar-refractivity contribution in [1.29, 1.82) is 0 Å². The van der Waals surface area contributed by atoms with Crippen LogP contribution < -0.4 is 9.47 Å². The zero-order valence-electron chi connectivity index (χ0n) is 11.1. The van der Waals surface area contributed by atoms with Gasteiger partial charge in [0.1, 0.15) is 17.2 Å². The van der Waals surface area contributed by atoms with E-state index in [1.165, 1.54) is 36.4 Å². The lowest BCUT2D eigenvalue weighted by molar-refractivity contribution is -0.0499. The first kappa shape index (κ1) is 14.1. The normalized spacial score (nSPS) is 15.0. The number of hydrogen-bond donors (Lipinski definition) is 1. The molecular formula is C16H10F2O4. The van der Waals surface area contributed by atoms with E-state index in [0.29, 0.717) is 11.1 Å². The molecule has 3 rings (SSSR count). The first-order chi connectivity index (χ1) is 10.5. The third-order valence-corrected chi connectivity index (χ3v) is 3.08. The maximum atomic E-state index is 12.4. The van der Waals surface area contributed by atoms with Gasteiger partial charge in [0.25, 0.3) is 0 Å². The monoisotopic (exact) mass is 304 g/mol. The quantitative estimate of drug-likeness (QED) is 0.880. The van der Waals surface area contributed by atoms with E-state index in [1.54, 1.807) is 12.1 Å². The van der Waals surface area contributed by atoms with Crippen molar-refractivity contribution in [3.8, 4) is 17.2 Å². The number of para-hydroxylation sites is 1. The summed E-state index contributed by atoms with van der Waals surface area (Å²) in [4.78, 5) is 12.2. The number of phenolic OH excluding ortho intramolecular Hbond substituents is 1. The number of fused-ring (bicyclic) bond motifs is 1. The number of Topliss-reactive ketones (excluding diaryl/α,β-unsaturated/α-hetero) is 1. The van der Waals surface area contributed by atoms with E-state index in [0.717, 1.165) is 0 Å². The van der Waals surface area contributed by atoms with Crippen molar-refractivity contribution in [2.24, 2.45) is 0 Å². The van der Waals surface area contributed by atoms with Crippen molar-refractivity contribution in [2.75, 3.05) is 0 Å². The fourth-order valence-corrected chi connectivity index (χ4v) is 2.12. The molecule has 1 heterocycles. The number of alkyl halides is 2. The molecule has 0 spiro atoms. The van der Waals surface area contributed by atoms with Crippen LogP contribution in [0.3, 0.4) is 0 Å². The molecule has 0 bridgehead atoms. The fourth-order valence-electron chi connectivity index (χ4n) is 2.12. The highest BCUT2D eigenvalue weighted by molar-refractivity contribution is 6.14. The highest BCUT2D eigenvalue weighted by Crippen LogP contribution is 2.35. The molecule has 4 nitrogen and oxygen atoms in total. The van der Waals surface area contributed by atoms with Crippen LogP contribution in [0.25, 0.3) is 6.08 Å². The lowest BCUT2D eigenvalue weighted by atomic mass is 10.1. The summed E-state index contributed by atoms with van der Waals surface area (Å²) in [5.74, 6) is -0.272. The van der Waals surface area contributed by atoms with Crippen LogP contribution in [0.4, 0.5) is 8.78 Å². The van der Waals surface area contributed by atoms with E-state index >= 15 is 0 Å². The van der Waals surface area contributed by atoms with Gasteiger partial charge in [0.05, 0.1) is 5.56 Å². The fraction of sp³-hybridized carbons (Fsp3) is 0.0625. The molecule has 1 aliphatic heterocycles. The van der Waals surface area contributed by atoms with Gasteiger partial charge in [0.2, 0.25) is 5.78 Å². The van der Waals surface area contributed by atoms with Gasteiger partial charge in [-0.3, -0.25) is 4.79 Å². The Labute approximate surface area is 124 Å². The van der Waals surface area contributed by atoms with Crippen molar-refractivity contribution in [1.82, 2.24) is 0 Å². The Balaban J connectivity index is 1.96. The van der Waals surface area contributed by atoms with Gasteiger partial charge in [-0.25, -0.2) is 0 Å². The molecule has 0 amide bonds. The second kappa shape index (κ2) is 5.48. The van der Waals surface area contributed by atoms with Crippen LogP contribution in [0.2, 0.25) is 0 Å². The average molecular weight is 304 g/mol. The number of hydrogen-bond acceptors (Lipinski definition) is 4. The number of rotatable bonds is 3. The molecule has 0 aromatic heterocycles. The minimum Gasteiger partial charge on any atom is -0.508 e. The van der Waals surface area contributed by atoms with Gasteiger partial charge in [-0.1, -0.05) is 18.2 Å². The van der Waals surface area contributed by atoms with E-state index in [1.807, 2.05) is 0 Å². The molecule has 0 saturated carbocycles. The Morgan fingerprint density at radius 3 is 2.73 bits per heavy atom. The van der Waals surface area contributed by atoms with Crippen molar-refractivity contribution in [3.63, 3.8) is 0 Å². The summed E-state index contributed by atoms with van der Waals surface area (Å²) in [7, 11) is 0. The molecule has 2 aromatic carbocycles. The predicted molar refractivity (Wildman–Crippen MR) is 74.1 cm³/mol. The number of halogens is 2. The number of aromatic hydroxyl groups is 1. The second-order valence-electron chi connectivity index (χ2n) is 4.54. The van der Waals surface area contributed by atoms with Gasteiger partial charge >= 0.3 is 6.61 Å². The van der Waals surface area contributed by atoms with E-state index in [2.05, 4.69) is 4.74 Å². The van der Waals surface area contributed by atoms with Gasteiger partial charge in [-0.15, -0.1) is 0 Å². The first-order valence-corrected chi connectivity index (χ1v) is 6.35. The number of ether oxygens (including phenoxy) is 2. The molecule has 6 heteroatoms. The van der Waals surface area contributed by atoms with Gasteiger partial charge in [0, 0.05) is 11.6 Å². The standard InChI is InChI=1S/C16H10F2O4/c17-16(18)22-12-4-2-1-3-9(12)7-14-15(20)11-6-5-10(19)8-13(11)21-14/h1-8,16,19H. The van der Waals surface area contributed by atoms with Crippen LogP contribution in [-0.2, 0) is 0 Å². The lowest BCUT2D eigenvalue weighted by Gasteiger charge is -2.07. The molecule has 0 atom stereocenters. The summed E-state index contributed by atoms with van der Waals surface area (Å²) < 4.78 is 34.5. The summed E-state index contributed by atoms with van der Waals surface area (Å²) in [5.41, 5.74) is 0.597. The molecular weight excluding hydrogens is 294 g/mol. The summed E-state index contributed by atoms with van der Waals surface area (Å²) >= 11 is 0. The second-order valence-corrected chi connectivity index (χ2v) is 4.54. The molecule has 0 saturated heterocycles. The molecule has 22 heavy (non-hydrogen) atoms. The Morgan fingerprint density at radius 2 is 1.95 bits per heavy atom. The highest BCUT2D eigenvalue weighted by atomic mass is 19.3. The SMILES string of the molecule is O=C1C(=Cc2ccccc2OC(F)F)Oc2cc(O)ccc21. The van der Waals surface area contributed by atoms with Crippen molar-refractivity contribution in [3.05, 3.63) is 59.4 Å². The van der Waals surface area contributed by atoms with Crippen LogP contribution in [0.5, 0.6) is 17.2 Å². The Bertz CT molecular complexity index is 768. The van der Waals surface area contributed by atoms with Crippen LogP contribution in [0.1, 0.15) is 15.9 Å². The minimum absolute atomic E-state index is 0.0223. The third kappa shape index (κ3) is 2.63. The Morgan fingerprint density at radius 1 is 1.18 bits per heavy atom. The summed E-state index contributed by atoms with van der Waals surface area (Å²) in [6.07, 6.45) is 1.33. The third-order valence-electron chi connectivity index (χ3n) is 3.08. The number of carbonyl (C=O) groups is 1. The summed E-state index contributed by atoms with van der Waals surface area (Å²) in [6, 6.07) is 10.2. The van der Waals surface area contributed by atoms with Gasteiger partial charge in [0.15, 0.2) is 5.76 Å². The number of ketones is 1. The highest BCUT2D eigenvalue weighted by Gasteiger charge is 2.27. The van der Waals surface area contributed by atoms with Gasteiger partial charge in [-0.05, 0) is 24.3 Å². The molecule has 112 valence electrons. The number of carbonyl (C=O) groups excluding carboxylic acids is 1. The van der Waals surface area contributed by atoms with Crippen molar-refractivity contribution < 1.29 is 28.2 Å². The predicted octanol–water partition coefficient (Wildman–Crippen LogP) is 3.61. The van der Waals surface area contributed by atoms with Crippen LogP contribution in [-0.4, -0.2) is 17.5 Å². The maximum absolute atomic E-state index is 12.4. The summed E-state index contributed by atoms with van der Waals surface area (Å²) in [5, 5.41) is 9.39. The maximum Gasteiger partial charge on any atom is 0.387 e. The molecule has 1 aliphatic rings. The van der Waals surface area contributed by atoms with Crippen LogP contribution >= 0.6 is 0 Å². The van der Waals surface area contributed by atoms with Crippen LogP contribution in [0, 0.1) is 0 Å². The molecule has 0 unspecified atom stereocenters. The molecule has 0 fully saturated rings. The number of benzene rings is 2. The zero-order chi connectivity index (χ0) is 15.7. The largest absolute Gasteiger partial charge is 0.508 e. The number of allylic oxidation sites excluding steroid dienone is 1. The van der Waals surface area contributed by atoms with Crippen LogP contribution in [0.15, 0.2) is 48.2 Å². The first-order valence-electron chi connectivity index (χ1n) is 6.35.